The minimum atomic E-state index is -0.545. The van der Waals surface area contributed by atoms with E-state index in [4.69, 9.17) is 9.15 Å². The Morgan fingerprint density at radius 1 is 1.06 bits per heavy atom. The van der Waals surface area contributed by atoms with E-state index in [9.17, 15) is 9.18 Å². The average Bonchev–Trinajstić information content (AvgIpc) is 3.28. The fourth-order valence-electron chi connectivity index (χ4n) is 4.20. The number of carbonyl (C=O) groups excluding carboxylic acids is 1. The highest BCUT2D eigenvalue weighted by Crippen LogP contribution is 2.35. The number of halogens is 1. The van der Waals surface area contributed by atoms with Crippen LogP contribution in [0.1, 0.15) is 25.0 Å². The van der Waals surface area contributed by atoms with Crippen molar-refractivity contribution in [1.29, 1.82) is 0 Å². The summed E-state index contributed by atoms with van der Waals surface area (Å²) in [6, 6.07) is 13.8. The van der Waals surface area contributed by atoms with Crippen LogP contribution in [0.2, 0.25) is 0 Å². The van der Waals surface area contributed by atoms with Gasteiger partial charge in [-0.25, -0.2) is 9.37 Å². The number of nitrogens with zero attached hydrogens (tertiary/aromatic N) is 3. The van der Waals surface area contributed by atoms with E-state index in [-0.39, 0.29) is 11.7 Å². The van der Waals surface area contributed by atoms with Gasteiger partial charge in [0.25, 0.3) is 5.91 Å². The zero-order valence-corrected chi connectivity index (χ0v) is 17.2. The van der Waals surface area contributed by atoms with E-state index in [1.807, 2.05) is 29.2 Å². The largest absolute Gasteiger partial charge is 0.477 e. The maximum absolute atomic E-state index is 13.2. The van der Waals surface area contributed by atoms with Gasteiger partial charge in [-0.05, 0) is 55.7 Å². The molecule has 0 unspecified atom stereocenters. The molecule has 7 heteroatoms. The number of anilines is 1. The summed E-state index contributed by atoms with van der Waals surface area (Å²) >= 11 is 0. The third kappa shape index (κ3) is 4.13. The van der Waals surface area contributed by atoms with Crippen LogP contribution in [0.25, 0.3) is 11.5 Å². The van der Waals surface area contributed by atoms with Crippen molar-refractivity contribution in [2.75, 3.05) is 24.5 Å². The van der Waals surface area contributed by atoms with Crippen LogP contribution in [0.4, 0.5) is 10.1 Å². The van der Waals surface area contributed by atoms with E-state index in [0.29, 0.717) is 30.3 Å². The predicted molar refractivity (Wildman–Crippen MR) is 114 cm³/mol. The Morgan fingerprint density at radius 3 is 2.65 bits per heavy atom. The standard InChI is InChI=1S/C24H24FN3O3/c25-18-10-8-17(9-11-18)23-26-19(16-30-23)14-28-15-22(24(29)27-12-4-1-5-13-27)31-21-7-3-2-6-20(21)28/h2-3,6-11,16,22H,1,4-5,12-15H2/t22-/m0/s1. The van der Waals surface area contributed by atoms with E-state index >= 15 is 0 Å². The van der Waals surface area contributed by atoms with Crippen LogP contribution in [0.15, 0.2) is 59.2 Å². The van der Waals surface area contributed by atoms with Crippen LogP contribution in [0.3, 0.4) is 0 Å². The zero-order chi connectivity index (χ0) is 21.2. The Kier molecular flexibility index (Phi) is 5.32. The molecule has 1 amide bonds. The third-order valence-electron chi connectivity index (χ3n) is 5.80. The number of carbonyl (C=O) groups is 1. The molecular formula is C24H24FN3O3. The second-order valence-electron chi connectivity index (χ2n) is 7.99. The van der Waals surface area contributed by atoms with Crippen molar-refractivity contribution in [3.8, 4) is 17.2 Å². The van der Waals surface area contributed by atoms with Gasteiger partial charge in [-0.3, -0.25) is 4.79 Å². The van der Waals surface area contributed by atoms with Gasteiger partial charge in [0.15, 0.2) is 6.10 Å². The fraction of sp³-hybridized carbons (Fsp3) is 0.333. The molecule has 0 saturated carbocycles. The van der Waals surface area contributed by atoms with Crippen LogP contribution in [0.5, 0.6) is 5.75 Å². The second kappa shape index (κ2) is 8.41. The summed E-state index contributed by atoms with van der Waals surface area (Å²) < 4.78 is 24.9. The van der Waals surface area contributed by atoms with Gasteiger partial charge in [0, 0.05) is 18.7 Å². The topological polar surface area (TPSA) is 58.8 Å². The summed E-state index contributed by atoms with van der Waals surface area (Å²) in [5.74, 6) is 0.889. The number of rotatable bonds is 4. The molecule has 2 aromatic carbocycles. The number of hydrogen-bond donors (Lipinski definition) is 0. The highest BCUT2D eigenvalue weighted by molar-refractivity contribution is 5.83. The molecule has 0 radical (unpaired) electrons. The van der Waals surface area contributed by atoms with Gasteiger partial charge in [0.1, 0.15) is 17.8 Å². The lowest BCUT2D eigenvalue weighted by molar-refractivity contribution is -0.139. The van der Waals surface area contributed by atoms with Crippen molar-refractivity contribution in [1.82, 2.24) is 9.88 Å². The van der Waals surface area contributed by atoms with Gasteiger partial charge in [0.05, 0.1) is 24.5 Å². The number of oxazole rings is 1. The summed E-state index contributed by atoms with van der Waals surface area (Å²) in [6.45, 7) is 2.52. The third-order valence-corrected chi connectivity index (χ3v) is 5.80. The van der Waals surface area contributed by atoms with Gasteiger partial charge >= 0.3 is 0 Å². The Hall–Kier alpha value is -3.35. The Balaban J connectivity index is 1.36. The SMILES string of the molecule is O=C([C@@H]1CN(Cc2coc(-c3ccc(F)cc3)n2)c2ccccc2O1)N1CCCCC1. The lowest BCUT2D eigenvalue weighted by Crippen LogP contribution is -2.51. The molecule has 3 heterocycles. The Bertz CT molecular complexity index is 1060. The maximum atomic E-state index is 13.2. The van der Waals surface area contributed by atoms with Crippen LogP contribution in [-0.4, -0.2) is 41.5 Å². The van der Waals surface area contributed by atoms with Gasteiger partial charge in [-0.2, -0.15) is 0 Å². The molecule has 3 aromatic rings. The molecular weight excluding hydrogens is 397 g/mol. The Morgan fingerprint density at radius 2 is 1.84 bits per heavy atom. The summed E-state index contributed by atoms with van der Waals surface area (Å²) in [4.78, 5) is 21.7. The number of likely N-dealkylation sites (tertiary alicyclic amines) is 1. The molecule has 1 fully saturated rings. The molecule has 5 rings (SSSR count). The predicted octanol–water partition coefficient (Wildman–Crippen LogP) is 4.26. The zero-order valence-electron chi connectivity index (χ0n) is 17.2. The normalized spacial score (nSPS) is 18.4. The molecule has 0 bridgehead atoms. The summed E-state index contributed by atoms with van der Waals surface area (Å²) in [7, 11) is 0. The second-order valence-corrected chi connectivity index (χ2v) is 7.99. The van der Waals surface area contributed by atoms with Gasteiger partial charge < -0.3 is 19.0 Å². The van der Waals surface area contributed by atoms with Gasteiger partial charge in [0.2, 0.25) is 5.89 Å². The molecule has 1 aromatic heterocycles. The molecule has 160 valence electrons. The monoisotopic (exact) mass is 421 g/mol. The minimum Gasteiger partial charge on any atom is -0.477 e. The first-order chi connectivity index (χ1) is 15.2. The van der Waals surface area contributed by atoms with Crippen molar-refractivity contribution >= 4 is 11.6 Å². The van der Waals surface area contributed by atoms with Crippen molar-refractivity contribution in [3.05, 3.63) is 66.3 Å². The number of benzene rings is 2. The first kappa shape index (κ1) is 19.6. The van der Waals surface area contributed by atoms with Crippen molar-refractivity contribution in [2.24, 2.45) is 0 Å². The fourth-order valence-corrected chi connectivity index (χ4v) is 4.20. The molecule has 0 aliphatic carbocycles. The highest BCUT2D eigenvalue weighted by Gasteiger charge is 2.34. The van der Waals surface area contributed by atoms with E-state index < -0.39 is 6.10 Å². The van der Waals surface area contributed by atoms with Gasteiger partial charge in [-0.15, -0.1) is 0 Å². The molecule has 2 aliphatic rings. The smallest absolute Gasteiger partial charge is 0.265 e. The number of aromatic nitrogens is 1. The summed E-state index contributed by atoms with van der Waals surface area (Å²) in [6.07, 6.45) is 4.33. The van der Waals surface area contributed by atoms with E-state index in [1.165, 1.54) is 18.6 Å². The van der Waals surface area contributed by atoms with Crippen LogP contribution in [-0.2, 0) is 11.3 Å². The first-order valence-corrected chi connectivity index (χ1v) is 10.7. The molecule has 0 spiro atoms. The number of fused-ring (bicyclic) bond motifs is 1. The Labute approximate surface area is 180 Å². The number of hydrogen-bond acceptors (Lipinski definition) is 5. The molecule has 1 saturated heterocycles. The number of amides is 1. The van der Waals surface area contributed by atoms with E-state index in [0.717, 1.165) is 37.3 Å². The summed E-state index contributed by atoms with van der Waals surface area (Å²) in [5.41, 5.74) is 2.38. The quantitative estimate of drug-likeness (QED) is 0.630. The maximum Gasteiger partial charge on any atom is 0.265 e. The lowest BCUT2D eigenvalue weighted by atomic mass is 10.1. The number of ether oxygens (including phenoxy) is 1. The van der Waals surface area contributed by atoms with Gasteiger partial charge in [-0.1, -0.05) is 12.1 Å². The van der Waals surface area contributed by atoms with Crippen molar-refractivity contribution < 1.29 is 18.3 Å². The molecule has 1 atom stereocenters. The first-order valence-electron chi connectivity index (χ1n) is 10.7. The van der Waals surface area contributed by atoms with E-state index in [1.54, 1.807) is 18.4 Å². The van der Waals surface area contributed by atoms with Crippen LogP contribution >= 0.6 is 0 Å². The molecule has 6 nitrogen and oxygen atoms in total. The minimum absolute atomic E-state index is 0.0476. The summed E-state index contributed by atoms with van der Waals surface area (Å²) in [5, 5.41) is 0. The molecule has 31 heavy (non-hydrogen) atoms. The number of piperidine rings is 1. The van der Waals surface area contributed by atoms with E-state index in [2.05, 4.69) is 9.88 Å². The number of para-hydroxylation sites is 2. The van der Waals surface area contributed by atoms with Crippen molar-refractivity contribution in [3.63, 3.8) is 0 Å². The van der Waals surface area contributed by atoms with Crippen molar-refractivity contribution in [2.45, 2.75) is 31.9 Å². The average molecular weight is 421 g/mol. The molecule has 0 N–H and O–H groups in total. The highest BCUT2D eigenvalue weighted by atomic mass is 19.1. The van der Waals surface area contributed by atoms with Crippen LogP contribution in [0, 0.1) is 5.82 Å². The lowest BCUT2D eigenvalue weighted by Gasteiger charge is -2.38. The molecule has 2 aliphatic heterocycles. The van der Waals surface area contributed by atoms with Crippen LogP contribution < -0.4 is 9.64 Å².